The Kier molecular flexibility index (Phi) is 8.44. The summed E-state index contributed by atoms with van der Waals surface area (Å²) >= 11 is 0. The molecule has 0 aliphatic rings. The molecule has 1 aromatic heterocycles. The zero-order valence-corrected chi connectivity index (χ0v) is 20.5. The van der Waals surface area contributed by atoms with E-state index in [1.807, 2.05) is 6.20 Å². The Hall–Kier alpha value is -2.68. The van der Waals surface area contributed by atoms with E-state index < -0.39 is 0 Å². The van der Waals surface area contributed by atoms with Crippen LogP contribution < -0.4 is 0 Å². The fraction of sp³-hybridized carbons (Fsp3) is 0.448. The Morgan fingerprint density at radius 1 is 0.844 bits per heavy atom. The van der Waals surface area contributed by atoms with Gasteiger partial charge >= 0.3 is 0 Å². The minimum atomic E-state index is 0.303. The van der Waals surface area contributed by atoms with Crippen molar-refractivity contribution in [2.75, 3.05) is 0 Å². The average Bonchev–Trinajstić information content (AvgIpc) is 3.15. The Morgan fingerprint density at radius 2 is 1.56 bits per heavy atom. The molecule has 3 nitrogen and oxygen atoms in total. The highest BCUT2D eigenvalue weighted by atomic mass is 16.1. The van der Waals surface area contributed by atoms with Crippen molar-refractivity contribution in [3.8, 4) is 0 Å². The van der Waals surface area contributed by atoms with Gasteiger partial charge in [0, 0.05) is 37.7 Å². The number of aryl methyl sites for hydroxylation is 7. The lowest BCUT2D eigenvalue weighted by atomic mass is 9.99. The molecule has 0 saturated carbocycles. The number of imidazole rings is 1. The molecule has 0 N–H and O–H groups in total. The number of unbranched alkanes of at least 4 members (excludes halogenated alkanes) is 1. The van der Waals surface area contributed by atoms with Crippen LogP contribution in [0.25, 0.3) is 0 Å². The van der Waals surface area contributed by atoms with Crippen LogP contribution in [0.4, 0.5) is 0 Å². The van der Waals surface area contributed by atoms with Gasteiger partial charge in [-0.3, -0.25) is 4.79 Å². The summed E-state index contributed by atoms with van der Waals surface area (Å²) in [6.45, 7) is 11.6. The number of hydrogen-bond acceptors (Lipinski definition) is 2. The first kappa shape index (κ1) is 24.0. The lowest BCUT2D eigenvalue weighted by Gasteiger charge is -2.11. The quantitative estimate of drug-likeness (QED) is 0.328. The highest BCUT2D eigenvalue weighted by molar-refractivity contribution is 5.81. The molecule has 170 valence electrons. The zero-order valence-electron chi connectivity index (χ0n) is 20.5. The van der Waals surface area contributed by atoms with Crippen LogP contribution in [0.3, 0.4) is 0 Å². The van der Waals surface area contributed by atoms with E-state index in [1.165, 1.54) is 39.9 Å². The molecule has 0 atom stereocenters. The van der Waals surface area contributed by atoms with Crippen molar-refractivity contribution in [2.24, 2.45) is 0 Å². The Balaban J connectivity index is 1.50. The third-order valence-corrected chi connectivity index (χ3v) is 6.48. The summed E-state index contributed by atoms with van der Waals surface area (Å²) in [5.74, 6) is 1.46. The fourth-order valence-electron chi connectivity index (χ4n) is 4.52. The van der Waals surface area contributed by atoms with Gasteiger partial charge in [0.25, 0.3) is 0 Å². The van der Waals surface area contributed by atoms with Crippen molar-refractivity contribution in [3.05, 3.63) is 87.5 Å². The average molecular weight is 431 g/mol. The molecule has 0 amide bonds. The summed E-state index contributed by atoms with van der Waals surface area (Å²) in [5.41, 5.74) is 8.94. The summed E-state index contributed by atoms with van der Waals surface area (Å²) in [6.07, 6.45) is 8.28. The van der Waals surface area contributed by atoms with Crippen molar-refractivity contribution in [1.29, 1.82) is 0 Å². The molecule has 0 saturated heterocycles. The molecule has 0 aliphatic carbocycles. The van der Waals surface area contributed by atoms with E-state index >= 15 is 0 Å². The number of rotatable bonds is 11. The van der Waals surface area contributed by atoms with E-state index in [9.17, 15) is 4.79 Å². The number of carbonyl (C=O) groups excluding carboxylic acids is 1. The van der Waals surface area contributed by atoms with E-state index in [2.05, 4.69) is 75.6 Å². The van der Waals surface area contributed by atoms with Crippen molar-refractivity contribution in [3.63, 3.8) is 0 Å². The van der Waals surface area contributed by atoms with Gasteiger partial charge < -0.3 is 4.57 Å². The largest absolute Gasteiger partial charge is 0.332 e. The van der Waals surface area contributed by atoms with Gasteiger partial charge in [-0.15, -0.1) is 0 Å². The summed E-state index contributed by atoms with van der Waals surface area (Å²) < 4.78 is 2.31. The van der Waals surface area contributed by atoms with Crippen LogP contribution in [-0.2, 0) is 37.0 Å². The van der Waals surface area contributed by atoms with E-state index in [0.717, 1.165) is 43.6 Å². The maximum Gasteiger partial charge on any atom is 0.137 e. The van der Waals surface area contributed by atoms with Gasteiger partial charge in [0.15, 0.2) is 0 Å². The summed E-state index contributed by atoms with van der Waals surface area (Å²) in [4.78, 5) is 17.3. The molecule has 3 rings (SSSR count). The third-order valence-electron chi connectivity index (χ3n) is 6.48. The molecule has 3 aromatic rings. The van der Waals surface area contributed by atoms with Gasteiger partial charge in [-0.05, 0) is 82.6 Å². The van der Waals surface area contributed by atoms with Crippen molar-refractivity contribution < 1.29 is 4.79 Å². The number of benzene rings is 2. The predicted molar refractivity (Wildman–Crippen MR) is 133 cm³/mol. The number of carbonyl (C=O) groups is 1. The molecule has 0 fully saturated rings. The van der Waals surface area contributed by atoms with Crippen LogP contribution in [0.15, 0.2) is 42.6 Å². The van der Waals surface area contributed by atoms with Crippen LogP contribution in [0.2, 0.25) is 0 Å². The zero-order chi connectivity index (χ0) is 23.1. The normalized spacial score (nSPS) is 11.2. The van der Waals surface area contributed by atoms with E-state index in [4.69, 9.17) is 4.98 Å². The van der Waals surface area contributed by atoms with Crippen LogP contribution in [0.1, 0.15) is 71.1 Å². The summed E-state index contributed by atoms with van der Waals surface area (Å²) in [5, 5.41) is 0. The Morgan fingerprint density at radius 3 is 2.31 bits per heavy atom. The second-order valence-corrected chi connectivity index (χ2v) is 9.19. The lowest BCUT2D eigenvalue weighted by molar-refractivity contribution is -0.118. The molecule has 0 aliphatic heterocycles. The number of nitrogens with zero attached hydrogens (tertiary/aromatic N) is 2. The monoisotopic (exact) mass is 430 g/mol. The minimum Gasteiger partial charge on any atom is -0.332 e. The molecule has 0 unspecified atom stereocenters. The first-order valence-corrected chi connectivity index (χ1v) is 12.0. The number of hydrogen-bond donors (Lipinski definition) is 0. The molecular formula is C29H38N2O. The summed E-state index contributed by atoms with van der Waals surface area (Å²) in [6, 6.07) is 13.1. The second-order valence-electron chi connectivity index (χ2n) is 9.19. The van der Waals surface area contributed by atoms with Gasteiger partial charge in [-0.1, -0.05) is 47.5 Å². The molecule has 1 heterocycles. The molecule has 0 radical (unpaired) electrons. The Bertz CT molecular complexity index is 1060. The van der Waals surface area contributed by atoms with E-state index in [-0.39, 0.29) is 0 Å². The van der Waals surface area contributed by atoms with Gasteiger partial charge in [0.05, 0.1) is 0 Å². The first-order valence-electron chi connectivity index (χ1n) is 12.0. The molecule has 3 heteroatoms. The first-order chi connectivity index (χ1) is 15.4. The lowest BCUT2D eigenvalue weighted by Crippen LogP contribution is -2.10. The highest BCUT2D eigenvalue weighted by Crippen LogP contribution is 2.17. The van der Waals surface area contributed by atoms with Crippen molar-refractivity contribution in [2.45, 2.75) is 86.1 Å². The highest BCUT2D eigenvalue weighted by Gasteiger charge is 2.12. The summed E-state index contributed by atoms with van der Waals surface area (Å²) in [7, 11) is 0. The number of Topliss-reactive ketones (excluding diaryl/α,β-unsaturated/α-hetero) is 1. The van der Waals surface area contributed by atoms with Gasteiger partial charge in [-0.2, -0.15) is 0 Å². The molecular weight excluding hydrogens is 392 g/mol. The van der Waals surface area contributed by atoms with Crippen molar-refractivity contribution in [1.82, 2.24) is 9.55 Å². The number of aromatic nitrogens is 2. The van der Waals surface area contributed by atoms with Gasteiger partial charge in [-0.25, -0.2) is 4.98 Å². The van der Waals surface area contributed by atoms with Crippen LogP contribution in [0.5, 0.6) is 0 Å². The third kappa shape index (κ3) is 6.41. The second kappa shape index (κ2) is 11.3. The number of ketones is 1. The van der Waals surface area contributed by atoms with Crippen LogP contribution >= 0.6 is 0 Å². The molecule has 0 spiro atoms. The van der Waals surface area contributed by atoms with Gasteiger partial charge in [0.1, 0.15) is 11.6 Å². The van der Waals surface area contributed by atoms with Gasteiger partial charge in [0.2, 0.25) is 0 Å². The standard InChI is InChI=1S/C29H38N2O/c1-6-31-27(15-16-28(32)19-26-18-22(3)11-13-23(26)4)20-30-29(31)10-8-7-9-25-14-12-21(2)17-24(25)5/h11-14,17-18,20H,6-10,15-16,19H2,1-5H3. The molecule has 32 heavy (non-hydrogen) atoms. The molecule has 0 bridgehead atoms. The smallest absolute Gasteiger partial charge is 0.137 e. The van der Waals surface area contributed by atoms with E-state index in [0.29, 0.717) is 18.6 Å². The van der Waals surface area contributed by atoms with Crippen molar-refractivity contribution >= 4 is 5.78 Å². The topological polar surface area (TPSA) is 34.9 Å². The maximum atomic E-state index is 12.6. The minimum absolute atomic E-state index is 0.303. The fourth-order valence-corrected chi connectivity index (χ4v) is 4.52. The van der Waals surface area contributed by atoms with E-state index in [1.54, 1.807) is 0 Å². The Labute approximate surface area is 193 Å². The predicted octanol–water partition coefficient (Wildman–Crippen LogP) is 6.45. The van der Waals surface area contributed by atoms with Crippen LogP contribution in [0, 0.1) is 27.7 Å². The maximum absolute atomic E-state index is 12.6. The van der Waals surface area contributed by atoms with Crippen LogP contribution in [-0.4, -0.2) is 15.3 Å². The molecule has 2 aromatic carbocycles. The SMILES string of the molecule is CCn1c(CCC(=O)Cc2cc(C)ccc2C)cnc1CCCCc1ccc(C)cc1C.